The van der Waals surface area contributed by atoms with E-state index in [0.29, 0.717) is 6.61 Å². The van der Waals surface area contributed by atoms with E-state index in [1.165, 1.54) is 6.92 Å². The fourth-order valence-corrected chi connectivity index (χ4v) is 2.69. The molecule has 0 radical (unpaired) electrons. The van der Waals surface area contributed by atoms with Gasteiger partial charge in [0.15, 0.2) is 0 Å². The Bertz CT molecular complexity index is 373. The van der Waals surface area contributed by atoms with Crippen molar-refractivity contribution in [2.45, 2.75) is 6.92 Å². The van der Waals surface area contributed by atoms with Crippen LogP contribution in [0.3, 0.4) is 0 Å². The number of rotatable bonds is 4. The second-order valence-electron chi connectivity index (χ2n) is 2.99. The maximum atomic E-state index is 10.9. The molecule has 0 unspecified atom stereocenters. The molecule has 1 amide bonds. The molecule has 1 N–H and O–H groups in total. The molecule has 0 fully saturated rings. The zero-order valence-electron chi connectivity index (χ0n) is 8.52. The summed E-state index contributed by atoms with van der Waals surface area (Å²) in [4.78, 5) is 10.9. The van der Waals surface area contributed by atoms with E-state index >= 15 is 0 Å². The van der Waals surface area contributed by atoms with Gasteiger partial charge in [0, 0.05) is 17.9 Å². The maximum Gasteiger partial charge on any atom is 0.221 e. The van der Waals surface area contributed by atoms with E-state index in [1.807, 2.05) is 0 Å². The molecule has 0 spiro atoms. The van der Waals surface area contributed by atoms with Gasteiger partial charge in [-0.1, -0.05) is 15.9 Å². The van der Waals surface area contributed by atoms with Crippen molar-refractivity contribution in [3.8, 4) is 5.75 Å². The quantitative estimate of drug-likeness (QED) is 0.756. The number of ether oxygens (including phenoxy) is 1. The normalized spacial score (nSPS) is 10.0. The molecular weight excluding hydrogens is 406 g/mol. The van der Waals surface area contributed by atoms with Crippen LogP contribution in [0.4, 0.5) is 5.69 Å². The molecule has 0 heterocycles. The Labute approximate surface area is 119 Å². The molecule has 0 bridgehead atoms. The Morgan fingerprint density at radius 3 is 2.38 bits per heavy atom. The van der Waals surface area contributed by atoms with Gasteiger partial charge in [0.1, 0.15) is 5.75 Å². The van der Waals surface area contributed by atoms with Crippen molar-refractivity contribution < 1.29 is 9.53 Å². The third kappa shape index (κ3) is 4.07. The van der Waals surface area contributed by atoms with E-state index in [0.717, 1.165) is 25.7 Å². The van der Waals surface area contributed by atoms with Crippen LogP contribution in [-0.4, -0.2) is 17.8 Å². The van der Waals surface area contributed by atoms with Crippen LogP contribution in [0, 0.1) is 0 Å². The minimum absolute atomic E-state index is 0.104. The van der Waals surface area contributed by atoms with Gasteiger partial charge in [-0.2, -0.15) is 0 Å². The van der Waals surface area contributed by atoms with Crippen molar-refractivity contribution in [3.05, 3.63) is 21.1 Å². The van der Waals surface area contributed by atoms with Crippen molar-refractivity contribution in [3.63, 3.8) is 0 Å². The molecule has 0 atom stereocenters. The molecule has 6 heteroatoms. The van der Waals surface area contributed by atoms with Gasteiger partial charge in [-0.25, -0.2) is 0 Å². The molecule has 0 saturated carbocycles. The summed E-state index contributed by atoms with van der Waals surface area (Å²) in [6.45, 7) is 2.05. The summed E-state index contributed by atoms with van der Waals surface area (Å²) < 4.78 is 7.12. The van der Waals surface area contributed by atoms with Crippen LogP contribution in [0.5, 0.6) is 5.75 Å². The number of carbonyl (C=O) groups is 1. The Morgan fingerprint density at radius 1 is 1.38 bits per heavy atom. The van der Waals surface area contributed by atoms with Crippen LogP contribution < -0.4 is 10.1 Å². The topological polar surface area (TPSA) is 38.3 Å². The molecule has 0 saturated heterocycles. The van der Waals surface area contributed by atoms with Crippen LogP contribution >= 0.6 is 47.8 Å². The molecule has 1 aromatic rings. The predicted octanol–water partition coefficient (Wildman–Crippen LogP) is 3.94. The van der Waals surface area contributed by atoms with Gasteiger partial charge in [0.05, 0.1) is 15.6 Å². The SMILES string of the molecule is CC(=O)Nc1cc(Br)c(OCCBr)c(Br)c1. The summed E-state index contributed by atoms with van der Waals surface area (Å²) in [6, 6.07) is 3.60. The second kappa shape index (κ2) is 6.61. The number of alkyl halides is 1. The Hall–Kier alpha value is -0.0700. The monoisotopic (exact) mass is 413 g/mol. The van der Waals surface area contributed by atoms with Gasteiger partial charge in [0.2, 0.25) is 5.91 Å². The summed E-state index contributed by atoms with van der Waals surface area (Å²) in [5, 5.41) is 3.47. The fourth-order valence-electron chi connectivity index (χ4n) is 1.11. The summed E-state index contributed by atoms with van der Waals surface area (Å²) in [6.07, 6.45) is 0. The second-order valence-corrected chi connectivity index (χ2v) is 5.49. The zero-order valence-corrected chi connectivity index (χ0v) is 13.3. The number of anilines is 1. The molecular formula is C10H10Br3NO2. The highest BCUT2D eigenvalue weighted by Gasteiger charge is 2.09. The minimum atomic E-state index is -0.104. The third-order valence-electron chi connectivity index (χ3n) is 1.64. The number of amides is 1. The summed E-state index contributed by atoms with van der Waals surface area (Å²) in [5.74, 6) is 0.626. The average molecular weight is 416 g/mol. The van der Waals surface area contributed by atoms with Crippen LogP contribution in [0.25, 0.3) is 0 Å². The molecule has 3 nitrogen and oxygen atoms in total. The molecule has 0 aliphatic rings. The lowest BCUT2D eigenvalue weighted by molar-refractivity contribution is -0.114. The number of hydrogen-bond donors (Lipinski definition) is 1. The first-order chi connectivity index (χ1) is 7.54. The van der Waals surface area contributed by atoms with Crippen molar-refractivity contribution in [2.24, 2.45) is 0 Å². The van der Waals surface area contributed by atoms with Crippen LogP contribution in [0.2, 0.25) is 0 Å². The van der Waals surface area contributed by atoms with Gasteiger partial charge in [-0.15, -0.1) is 0 Å². The van der Waals surface area contributed by atoms with Gasteiger partial charge in [-0.3, -0.25) is 4.79 Å². The highest BCUT2D eigenvalue weighted by molar-refractivity contribution is 9.11. The lowest BCUT2D eigenvalue weighted by Crippen LogP contribution is -2.06. The molecule has 88 valence electrons. The number of carbonyl (C=O) groups excluding carboxylic acids is 1. The highest BCUT2D eigenvalue weighted by atomic mass is 79.9. The summed E-state index contributed by atoms with van der Waals surface area (Å²) in [5.41, 5.74) is 0.720. The molecule has 0 aliphatic carbocycles. The first kappa shape index (κ1) is 14.0. The van der Waals surface area contributed by atoms with Crippen LogP contribution in [-0.2, 0) is 4.79 Å². The molecule has 0 aliphatic heterocycles. The van der Waals surface area contributed by atoms with Crippen molar-refractivity contribution in [1.29, 1.82) is 0 Å². The van der Waals surface area contributed by atoms with E-state index in [9.17, 15) is 4.79 Å². The standard InChI is InChI=1S/C10H10Br3NO2/c1-6(15)14-7-4-8(12)10(9(13)5-7)16-3-2-11/h4-5H,2-3H2,1H3,(H,14,15). The third-order valence-corrected chi connectivity index (χ3v) is 3.14. The highest BCUT2D eigenvalue weighted by Crippen LogP contribution is 2.36. The van der Waals surface area contributed by atoms with Crippen molar-refractivity contribution in [1.82, 2.24) is 0 Å². The first-order valence-electron chi connectivity index (χ1n) is 4.50. The van der Waals surface area contributed by atoms with E-state index in [1.54, 1.807) is 12.1 Å². The average Bonchev–Trinajstić information content (AvgIpc) is 2.15. The fraction of sp³-hybridized carbons (Fsp3) is 0.300. The van der Waals surface area contributed by atoms with Gasteiger partial charge in [-0.05, 0) is 44.0 Å². The first-order valence-corrected chi connectivity index (χ1v) is 7.20. The zero-order chi connectivity index (χ0) is 12.1. The van der Waals surface area contributed by atoms with Crippen molar-refractivity contribution >= 4 is 59.4 Å². The molecule has 1 aromatic carbocycles. The molecule has 1 rings (SSSR count). The Kier molecular flexibility index (Phi) is 5.78. The minimum Gasteiger partial charge on any atom is -0.490 e. The lowest BCUT2D eigenvalue weighted by atomic mass is 10.3. The molecule has 0 aromatic heterocycles. The van der Waals surface area contributed by atoms with E-state index in [2.05, 4.69) is 53.1 Å². The number of hydrogen-bond acceptors (Lipinski definition) is 2. The van der Waals surface area contributed by atoms with Gasteiger partial charge < -0.3 is 10.1 Å². The van der Waals surface area contributed by atoms with Crippen LogP contribution in [0.15, 0.2) is 21.1 Å². The maximum absolute atomic E-state index is 10.9. The van der Waals surface area contributed by atoms with E-state index in [-0.39, 0.29) is 5.91 Å². The summed E-state index contributed by atoms with van der Waals surface area (Å²) in [7, 11) is 0. The van der Waals surface area contributed by atoms with E-state index < -0.39 is 0 Å². The number of halogens is 3. The number of nitrogens with one attached hydrogen (secondary N) is 1. The number of benzene rings is 1. The Balaban J connectivity index is 2.93. The van der Waals surface area contributed by atoms with E-state index in [4.69, 9.17) is 4.74 Å². The summed E-state index contributed by atoms with van der Waals surface area (Å²) >= 11 is 10.1. The predicted molar refractivity (Wildman–Crippen MR) is 75.4 cm³/mol. The largest absolute Gasteiger partial charge is 0.490 e. The van der Waals surface area contributed by atoms with Crippen LogP contribution in [0.1, 0.15) is 6.92 Å². The van der Waals surface area contributed by atoms with Gasteiger partial charge >= 0.3 is 0 Å². The smallest absolute Gasteiger partial charge is 0.221 e. The molecule has 16 heavy (non-hydrogen) atoms. The Morgan fingerprint density at radius 2 is 1.94 bits per heavy atom. The van der Waals surface area contributed by atoms with Crippen molar-refractivity contribution in [2.75, 3.05) is 17.3 Å². The van der Waals surface area contributed by atoms with Gasteiger partial charge in [0.25, 0.3) is 0 Å². The lowest BCUT2D eigenvalue weighted by Gasteiger charge is -2.11.